The normalized spacial score (nSPS) is 16.2. The molecule has 0 spiro atoms. The second-order valence-corrected chi connectivity index (χ2v) is 6.48. The van der Waals surface area contributed by atoms with Crippen LogP contribution in [0.25, 0.3) is 0 Å². The molecule has 18 heavy (non-hydrogen) atoms. The zero-order chi connectivity index (χ0) is 14.6. The van der Waals surface area contributed by atoms with Crippen LogP contribution in [0.1, 0.15) is 60.8 Å². The maximum absolute atomic E-state index is 12.0. The Morgan fingerprint density at radius 3 is 2.11 bits per heavy atom. The molecule has 0 fully saturated rings. The Hall–Kier alpha value is -0.610. The highest BCUT2D eigenvalue weighted by Crippen LogP contribution is 2.21. The smallest absolute Gasteiger partial charge is 0.223 e. The lowest BCUT2D eigenvalue weighted by molar-refractivity contribution is -0.129. The van der Waals surface area contributed by atoms with Crippen molar-refractivity contribution in [3.63, 3.8) is 0 Å². The fraction of sp³-hybridized carbons (Fsp3) is 0.929. The molecule has 0 heterocycles. The van der Waals surface area contributed by atoms with Crippen LogP contribution in [-0.4, -0.2) is 28.2 Å². The quantitative estimate of drug-likeness (QED) is 0.652. The summed E-state index contributed by atoms with van der Waals surface area (Å²) in [6, 6.07) is 0.188. The number of hydrogen-bond acceptors (Lipinski definition) is 3. The van der Waals surface area contributed by atoms with Crippen molar-refractivity contribution in [3.8, 4) is 0 Å². The van der Waals surface area contributed by atoms with Crippen molar-refractivity contribution in [2.45, 2.75) is 78.0 Å². The molecule has 0 aromatic heterocycles. The number of rotatable bonds is 7. The summed E-state index contributed by atoms with van der Waals surface area (Å²) in [4.78, 5) is 12.0. The highest BCUT2D eigenvalue weighted by Gasteiger charge is 2.36. The Balaban J connectivity index is 4.24. The van der Waals surface area contributed by atoms with E-state index in [0.717, 1.165) is 19.3 Å². The number of carbonyl (C=O) groups excluding carboxylic acids is 1. The van der Waals surface area contributed by atoms with Crippen LogP contribution in [0, 0.1) is 5.92 Å². The highest BCUT2D eigenvalue weighted by atomic mass is 16.3. The number of aliphatic hydroxyl groups is 1. The Morgan fingerprint density at radius 1 is 1.22 bits per heavy atom. The van der Waals surface area contributed by atoms with Crippen molar-refractivity contribution < 1.29 is 9.90 Å². The van der Waals surface area contributed by atoms with Crippen molar-refractivity contribution in [1.29, 1.82) is 0 Å². The summed E-state index contributed by atoms with van der Waals surface area (Å²) in [5.41, 5.74) is 4.09. The van der Waals surface area contributed by atoms with Crippen LogP contribution in [0.5, 0.6) is 0 Å². The van der Waals surface area contributed by atoms with E-state index in [1.807, 2.05) is 27.7 Å². The summed E-state index contributed by atoms with van der Waals surface area (Å²) in [5.74, 6) is -0.0582. The summed E-state index contributed by atoms with van der Waals surface area (Å²) in [6.45, 7) is 11.0. The van der Waals surface area contributed by atoms with Crippen molar-refractivity contribution in [2.75, 3.05) is 0 Å². The van der Waals surface area contributed by atoms with Gasteiger partial charge in [0.2, 0.25) is 5.91 Å². The second-order valence-electron chi connectivity index (χ2n) is 6.48. The number of hydrogen-bond donors (Lipinski definition) is 3. The molecule has 2 unspecified atom stereocenters. The van der Waals surface area contributed by atoms with Gasteiger partial charge >= 0.3 is 0 Å². The first-order valence-corrected chi connectivity index (χ1v) is 6.77. The van der Waals surface area contributed by atoms with Crippen molar-refractivity contribution in [3.05, 3.63) is 0 Å². The third kappa shape index (κ3) is 5.83. The molecule has 0 aliphatic heterocycles. The van der Waals surface area contributed by atoms with Gasteiger partial charge in [0.05, 0.1) is 11.1 Å². The SMILES string of the molecule is CC(N)CCCC(C)C(=O)NC(C)(C)C(C)(C)O. The molecule has 4 nitrogen and oxygen atoms in total. The average molecular weight is 258 g/mol. The van der Waals surface area contributed by atoms with E-state index in [1.54, 1.807) is 13.8 Å². The molecule has 108 valence electrons. The number of carbonyl (C=O) groups is 1. The molecular weight excluding hydrogens is 228 g/mol. The lowest BCUT2D eigenvalue weighted by Crippen LogP contribution is -2.58. The minimum absolute atomic E-state index is 0.00759. The maximum Gasteiger partial charge on any atom is 0.223 e. The maximum atomic E-state index is 12.0. The van der Waals surface area contributed by atoms with Gasteiger partial charge in [-0.2, -0.15) is 0 Å². The zero-order valence-electron chi connectivity index (χ0n) is 12.7. The fourth-order valence-electron chi connectivity index (χ4n) is 1.46. The van der Waals surface area contributed by atoms with Crippen LogP contribution in [0.4, 0.5) is 0 Å². The van der Waals surface area contributed by atoms with Gasteiger partial charge in [-0.15, -0.1) is 0 Å². The molecular formula is C14H30N2O2. The predicted molar refractivity (Wildman–Crippen MR) is 75.2 cm³/mol. The minimum Gasteiger partial charge on any atom is -0.388 e. The van der Waals surface area contributed by atoms with E-state index in [-0.39, 0.29) is 17.9 Å². The third-order valence-corrected chi connectivity index (χ3v) is 3.71. The molecule has 0 aliphatic carbocycles. The van der Waals surface area contributed by atoms with Gasteiger partial charge in [-0.1, -0.05) is 13.3 Å². The topological polar surface area (TPSA) is 75.4 Å². The summed E-state index contributed by atoms with van der Waals surface area (Å²) in [5, 5.41) is 12.9. The number of nitrogens with one attached hydrogen (secondary N) is 1. The minimum atomic E-state index is -0.950. The lowest BCUT2D eigenvalue weighted by atomic mass is 9.85. The fourth-order valence-corrected chi connectivity index (χ4v) is 1.46. The summed E-state index contributed by atoms with van der Waals surface area (Å²) < 4.78 is 0. The summed E-state index contributed by atoms with van der Waals surface area (Å²) in [7, 11) is 0. The number of amides is 1. The molecule has 0 rings (SSSR count). The molecule has 0 aromatic carbocycles. The summed E-state index contributed by atoms with van der Waals surface area (Å²) >= 11 is 0. The monoisotopic (exact) mass is 258 g/mol. The van der Waals surface area contributed by atoms with Crippen LogP contribution in [-0.2, 0) is 4.79 Å². The van der Waals surface area contributed by atoms with Gasteiger partial charge in [0, 0.05) is 12.0 Å². The molecule has 0 aliphatic rings. The molecule has 0 saturated heterocycles. The van der Waals surface area contributed by atoms with E-state index in [1.165, 1.54) is 0 Å². The standard InChI is InChI=1S/C14H30N2O2/c1-10(8-7-9-11(2)15)12(17)16-13(3,4)14(5,6)18/h10-11,18H,7-9,15H2,1-6H3,(H,16,17). The van der Waals surface area contributed by atoms with Crippen molar-refractivity contribution in [2.24, 2.45) is 11.7 Å². The first-order chi connectivity index (χ1) is 7.97. The Kier molecular flexibility index (Phi) is 6.30. The van der Waals surface area contributed by atoms with Crippen LogP contribution in [0.3, 0.4) is 0 Å². The molecule has 2 atom stereocenters. The molecule has 0 radical (unpaired) electrons. The van der Waals surface area contributed by atoms with E-state index in [4.69, 9.17) is 5.73 Å². The van der Waals surface area contributed by atoms with E-state index >= 15 is 0 Å². The van der Waals surface area contributed by atoms with Gasteiger partial charge in [-0.05, 0) is 47.5 Å². The van der Waals surface area contributed by atoms with E-state index in [2.05, 4.69) is 5.32 Å². The first kappa shape index (κ1) is 17.4. The van der Waals surface area contributed by atoms with Crippen LogP contribution < -0.4 is 11.1 Å². The molecule has 4 N–H and O–H groups in total. The van der Waals surface area contributed by atoms with Crippen LogP contribution >= 0.6 is 0 Å². The van der Waals surface area contributed by atoms with E-state index in [9.17, 15) is 9.90 Å². The first-order valence-electron chi connectivity index (χ1n) is 6.77. The van der Waals surface area contributed by atoms with Gasteiger partial charge in [0.15, 0.2) is 0 Å². The predicted octanol–water partition coefficient (Wildman–Crippen LogP) is 1.81. The molecule has 4 heteroatoms. The highest BCUT2D eigenvalue weighted by molar-refractivity contribution is 5.79. The average Bonchev–Trinajstić information content (AvgIpc) is 2.14. The molecule has 0 bridgehead atoms. The molecule has 0 aromatic rings. The van der Waals surface area contributed by atoms with E-state index in [0.29, 0.717) is 0 Å². The Morgan fingerprint density at radius 2 is 1.72 bits per heavy atom. The van der Waals surface area contributed by atoms with Gasteiger partial charge in [0.1, 0.15) is 0 Å². The van der Waals surface area contributed by atoms with Gasteiger partial charge in [0.25, 0.3) is 0 Å². The summed E-state index contributed by atoms with van der Waals surface area (Å²) in [6.07, 6.45) is 2.72. The molecule has 0 saturated carbocycles. The van der Waals surface area contributed by atoms with Gasteiger partial charge < -0.3 is 16.2 Å². The van der Waals surface area contributed by atoms with Crippen molar-refractivity contribution >= 4 is 5.91 Å². The Labute approximate surface area is 111 Å². The van der Waals surface area contributed by atoms with Crippen LogP contribution in [0.15, 0.2) is 0 Å². The van der Waals surface area contributed by atoms with E-state index < -0.39 is 11.1 Å². The largest absolute Gasteiger partial charge is 0.388 e. The number of nitrogens with two attached hydrogens (primary N) is 1. The lowest BCUT2D eigenvalue weighted by Gasteiger charge is -2.38. The third-order valence-electron chi connectivity index (χ3n) is 3.71. The van der Waals surface area contributed by atoms with Gasteiger partial charge in [-0.3, -0.25) is 4.79 Å². The van der Waals surface area contributed by atoms with Crippen LogP contribution in [0.2, 0.25) is 0 Å². The Bertz CT molecular complexity index is 267. The molecule has 1 amide bonds. The second kappa shape index (κ2) is 6.53. The van der Waals surface area contributed by atoms with Crippen molar-refractivity contribution in [1.82, 2.24) is 5.32 Å². The zero-order valence-corrected chi connectivity index (χ0v) is 12.7. The van der Waals surface area contributed by atoms with Gasteiger partial charge in [-0.25, -0.2) is 0 Å².